The zero-order valence-corrected chi connectivity index (χ0v) is 8.21. The second-order valence-electron chi connectivity index (χ2n) is 3.04. The van der Waals surface area contributed by atoms with E-state index in [1.165, 1.54) is 25.7 Å². The lowest BCUT2D eigenvalue weighted by atomic mass is 9.95. The van der Waals surface area contributed by atoms with Crippen molar-refractivity contribution in [1.29, 1.82) is 0 Å². The van der Waals surface area contributed by atoms with E-state index < -0.39 is 0 Å². The first-order valence-electron chi connectivity index (χ1n) is 4.21. The van der Waals surface area contributed by atoms with E-state index in [0.717, 1.165) is 0 Å². The van der Waals surface area contributed by atoms with Gasteiger partial charge in [-0.2, -0.15) is 0 Å². The maximum Gasteiger partial charge on any atom is 0.0248 e. The molecular weight excluding hydrogens is 158 g/mol. The average Bonchev–Trinajstić information content (AvgIpc) is 2.05. The van der Waals surface area contributed by atoms with Crippen molar-refractivity contribution in [2.24, 2.45) is 0 Å². The fraction of sp³-hybridized carbons (Fsp3) is 0.778. The van der Waals surface area contributed by atoms with Gasteiger partial charge in [0.15, 0.2) is 0 Å². The number of likely N-dealkylation sites (N-methyl/N-ethyl adjacent to an activating group) is 1. The van der Waals surface area contributed by atoms with Gasteiger partial charge >= 0.3 is 0 Å². The van der Waals surface area contributed by atoms with Gasteiger partial charge in [0.2, 0.25) is 0 Å². The summed E-state index contributed by atoms with van der Waals surface area (Å²) in [5.74, 6) is 0. The highest BCUT2D eigenvalue weighted by Gasteiger charge is 2.08. The quantitative estimate of drug-likeness (QED) is 0.637. The van der Waals surface area contributed by atoms with Crippen LogP contribution in [0.1, 0.15) is 32.6 Å². The molecule has 0 fully saturated rings. The first kappa shape index (κ1) is 11.0. The minimum absolute atomic E-state index is 0. The molecule has 1 nitrogen and oxygen atoms in total. The van der Waals surface area contributed by atoms with Crippen molar-refractivity contribution >= 4 is 12.4 Å². The Morgan fingerprint density at radius 3 is 2.64 bits per heavy atom. The van der Waals surface area contributed by atoms with Crippen LogP contribution in [0.25, 0.3) is 0 Å². The summed E-state index contributed by atoms with van der Waals surface area (Å²) in [6, 6.07) is 0.597. The molecule has 0 spiro atoms. The molecule has 1 rings (SSSR count). The third-order valence-corrected chi connectivity index (χ3v) is 2.32. The van der Waals surface area contributed by atoms with Gasteiger partial charge in [-0.15, -0.1) is 12.4 Å². The maximum atomic E-state index is 3.27. The number of hydrogen-bond acceptors (Lipinski definition) is 1. The first-order chi connectivity index (χ1) is 4.84. The van der Waals surface area contributed by atoms with Crippen molar-refractivity contribution in [1.82, 2.24) is 5.32 Å². The van der Waals surface area contributed by atoms with Crippen LogP contribution in [-0.4, -0.2) is 13.1 Å². The molecule has 1 unspecified atom stereocenters. The van der Waals surface area contributed by atoms with E-state index in [1.807, 2.05) is 7.05 Å². The third kappa shape index (κ3) is 3.26. The van der Waals surface area contributed by atoms with Crippen molar-refractivity contribution in [3.05, 3.63) is 11.6 Å². The lowest BCUT2D eigenvalue weighted by molar-refractivity contribution is 0.603. The van der Waals surface area contributed by atoms with Crippen molar-refractivity contribution in [2.75, 3.05) is 7.05 Å². The highest BCUT2D eigenvalue weighted by Crippen LogP contribution is 2.19. The summed E-state index contributed by atoms with van der Waals surface area (Å²) >= 11 is 0. The van der Waals surface area contributed by atoms with E-state index in [1.54, 1.807) is 5.57 Å². The normalized spacial score (nSPS) is 20.0. The monoisotopic (exact) mass is 175 g/mol. The highest BCUT2D eigenvalue weighted by molar-refractivity contribution is 5.85. The van der Waals surface area contributed by atoms with Gasteiger partial charge in [-0.05, 0) is 39.7 Å². The molecule has 66 valence electrons. The van der Waals surface area contributed by atoms with Gasteiger partial charge in [0.25, 0.3) is 0 Å². The van der Waals surface area contributed by atoms with E-state index in [9.17, 15) is 0 Å². The number of nitrogens with one attached hydrogen (secondary N) is 1. The van der Waals surface area contributed by atoms with Crippen molar-refractivity contribution in [3.63, 3.8) is 0 Å². The number of allylic oxidation sites excluding steroid dienone is 1. The van der Waals surface area contributed by atoms with Gasteiger partial charge in [-0.3, -0.25) is 0 Å². The molecule has 0 bridgehead atoms. The zero-order valence-electron chi connectivity index (χ0n) is 7.39. The molecule has 0 radical (unpaired) electrons. The Hall–Kier alpha value is -0.0100. The van der Waals surface area contributed by atoms with Crippen molar-refractivity contribution in [2.45, 2.75) is 38.6 Å². The Morgan fingerprint density at radius 1 is 1.45 bits per heavy atom. The van der Waals surface area contributed by atoms with Crippen LogP contribution in [-0.2, 0) is 0 Å². The fourth-order valence-corrected chi connectivity index (χ4v) is 1.44. The summed E-state index contributed by atoms with van der Waals surface area (Å²) < 4.78 is 0. The first-order valence-corrected chi connectivity index (χ1v) is 4.21. The molecule has 1 atom stereocenters. The summed E-state index contributed by atoms with van der Waals surface area (Å²) in [6.45, 7) is 2.23. The van der Waals surface area contributed by atoms with E-state index >= 15 is 0 Å². The molecule has 0 aliphatic heterocycles. The average molecular weight is 176 g/mol. The topological polar surface area (TPSA) is 12.0 Å². The lowest BCUT2D eigenvalue weighted by Gasteiger charge is -2.18. The summed E-state index contributed by atoms with van der Waals surface area (Å²) in [6.07, 6.45) is 7.77. The summed E-state index contributed by atoms with van der Waals surface area (Å²) in [5.41, 5.74) is 1.61. The minimum Gasteiger partial charge on any atom is -0.314 e. The van der Waals surface area contributed by atoms with Crippen LogP contribution in [0.5, 0.6) is 0 Å². The van der Waals surface area contributed by atoms with Gasteiger partial charge in [0.1, 0.15) is 0 Å². The fourth-order valence-electron chi connectivity index (χ4n) is 1.44. The number of hydrogen-bond donors (Lipinski definition) is 1. The molecule has 0 aromatic rings. The molecule has 2 heteroatoms. The molecule has 1 aliphatic rings. The molecule has 1 N–H and O–H groups in total. The summed E-state index contributed by atoms with van der Waals surface area (Å²) in [4.78, 5) is 0. The molecule has 0 heterocycles. The predicted molar refractivity (Wildman–Crippen MR) is 52.3 cm³/mol. The third-order valence-electron chi connectivity index (χ3n) is 2.32. The molecule has 0 amide bonds. The Balaban J connectivity index is 0.000001000. The Kier molecular flexibility index (Phi) is 5.61. The summed E-state index contributed by atoms with van der Waals surface area (Å²) in [7, 11) is 2.03. The molecule has 1 aliphatic carbocycles. The van der Waals surface area contributed by atoms with Crippen LogP contribution in [0.2, 0.25) is 0 Å². The van der Waals surface area contributed by atoms with Gasteiger partial charge in [-0.25, -0.2) is 0 Å². The number of halogens is 1. The Morgan fingerprint density at radius 2 is 2.18 bits per heavy atom. The predicted octanol–water partition coefficient (Wildman–Crippen LogP) is 2.52. The van der Waals surface area contributed by atoms with Crippen molar-refractivity contribution in [3.8, 4) is 0 Å². The van der Waals surface area contributed by atoms with Crippen LogP contribution in [0.4, 0.5) is 0 Å². The second kappa shape index (κ2) is 5.62. The smallest absolute Gasteiger partial charge is 0.0248 e. The van der Waals surface area contributed by atoms with Gasteiger partial charge < -0.3 is 5.32 Å². The molecule has 0 aromatic carbocycles. The molecule has 11 heavy (non-hydrogen) atoms. The summed E-state index contributed by atoms with van der Waals surface area (Å²) in [5, 5.41) is 3.27. The zero-order chi connectivity index (χ0) is 7.40. The van der Waals surface area contributed by atoms with Gasteiger partial charge in [-0.1, -0.05) is 11.6 Å². The van der Waals surface area contributed by atoms with Crippen LogP contribution in [0, 0.1) is 0 Å². The second-order valence-corrected chi connectivity index (χ2v) is 3.04. The number of rotatable bonds is 2. The Bertz CT molecular complexity index is 132. The lowest BCUT2D eigenvalue weighted by Crippen LogP contribution is -2.24. The van der Waals surface area contributed by atoms with Crippen LogP contribution >= 0.6 is 12.4 Å². The van der Waals surface area contributed by atoms with Crippen molar-refractivity contribution < 1.29 is 0 Å². The van der Waals surface area contributed by atoms with E-state index in [-0.39, 0.29) is 12.4 Å². The van der Waals surface area contributed by atoms with Crippen LogP contribution in [0.15, 0.2) is 11.6 Å². The molecule has 0 saturated carbocycles. The van der Waals surface area contributed by atoms with E-state index in [0.29, 0.717) is 6.04 Å². The van der Waals surface area contributed by atoms with Crippen LogP contribution in [0.3, 0.4) is 0 Å². The minimum atomic E-state index is 0. The van der Waals surface area contributed by atoms with Gasteiger partial charge in [0.05, 0.1) is 0 Å². The molecule has 0 saturated heterocycles. The standard InChI is InChI=1S/C9H17N.ClH/c1-8(10-2)9-6-4-3-5-7-9;/h6,8,10H,3-5,7H2,1-2H3;1H. The molecule has 0 aromatic heterocycles. The largest absolute Gasteiger partial charge is 0.314 e. The SMILES string of the molecule is CNC(C)C1=CCCCC1.Cl. The molecular formula is C9H18ClN. The Labute approximate surface area is 75.7 Å². The van der Waals surface area contributed by atoms with Gasteiger partial charge in [0, 0.05) is 6.04 Å². The van der Waals surface area contributed by atoms with E-state index in [2.05, 4.69) is 18.3 Å². The van der Waals surface area contributed by atoms with Crippen LogP contribution < -0.4 is 5.32 Å². The van der Waals surface area contributed by atoms with E-state index in [4.69, 9.17) is 0 Å². The highest BCUT2D eigenvalue weighted by atomic mass is 35.5. The maximum absolute atomic E-state index is 3.27.